The minimum absolute atomic E-state index is 0.233. The minimum Gasteiger partial charge on any atom is -0.396 e. The second kappa shape index (κ2) is 6.51. The van der Waals surface area contributed by atoms with Crippen molar-refractivity contribution in [2.45, 2.75) is 6.54 Å². The van der Waals surface area contributed by atoms with E-state index in [1.165, 1.54) is 12.1 Å². The van der Waals surface area contributed by atoms with Crippen LogP contribution in [0.25, 0.3) is 10.8 Å². The van der Waals surface area contributed by atoms with Gasteiger partial charge in [-0.05, 0) is 18.2 Å². The van der Waals surface area contributed by atoms with Gasteiger partial charge in [0, 0.05) is 11.1 Å². The van der Waals surface area contributed by atoms with Crippen LogP contribution in [0.15, 0.2) is 47.4 Å². The summed E-state index contributed by atoms with van der Waals surface area (Å²) in [6.45, 7) is -0.233. The Morgan fingerprint density at radius 2 is 1.88 bits per heavy atom. The molecule has 1 heterocycles. The number of nitrogens with two attached hydrogens (primary N) is 1. The van der Waals surface area contributed by atoms with E-state index in [2.05, 4.69) is 10.4 Å². The van der Waals surface area contributed by atoms with Crippen LogP contribution in [0.4, 0.5) is 11.4 Å². The summed E-state index contributed by atoms with van der Waals surface area (Å²) in [7, 11) is 0. The van der Waals surface area contributed by atoms with Crippen molar-refractivity contribution in [3.63, 3.8) is 0 Å². The van der Waals surface area contributed by atoms with E-state index in [-0.39, 0.29) is 27.8 Å². The van der Waals surface area contributed by atoms with Gasteiger partial charge in [0.05, 0.1) is 27.3 Å². The number of amides is 1. The van der Waals surface area contributed by atoms with E-state index >= 15 is 0 Å². The molecule has 0 saturated carbocycles. The summed E-state index contributed by atoms with van der Waals surface area (Å²) in [6, 6.07) is 10.0. The first-order valence-corrected chi connectivity index (χ1v) is 7.70. The predicted octanol–water partition coefficient (Wildman–Crippen LogP) is 2.92. The van der Waals surface area contributed by atoms with Crippen LogP contribution >= 0.6 is 23.2 Å². The maximum Gasteiger partial charge on any atom is 0.275 e. The first kappa shape index (κ1) is 16.3. The number of anilines is 2. The third-order valence-electron chi connectivity index (χ3n) is 3.42. The quantitative estimate of drug-likeness (QED) is 0.700. The highest BCUT2D eigenvalue weighted by Gasteiger charge is 2.11. The van der Waals surface area contributed by atoms with Gasteiger partial charge in [-0.25, -0.2) is 4.68 Å². The van der Waals surface area contributed by atoms with E-state index in [1.807, 2.05) is 6.07 Å². The Morgan fingerprint density at radius 1 is 1.21 bits per heavy atom. The van der Waals surface area contributed by atoms with Crippen LogP contribution in [-0.4, -0.2) is 15.7 Å². The van der Waals surface area contributed by atoms with Gasteiger partial charge < -0.3 is 11.1 Å². The predicted molar refractivity (Wildman–Crippen MR) is 95.5 cm³/mol. The summed E-state index contributed by atoms with van der Waals surface area (Å²) in [6.07, 6.45) is 1.54. The second-order valence-corrected chi connectivity index (χ2v) is 5.91. The SMILES string of the molecule is Nc1c(Cl)cc(NC(=O)Cn2ncc3ccccc3c2=O)cc1Cl. The molecule has 1 amide bonds. The van der Waals surface area contributed by atoms with Crippen LogP contribution in [0.3, 0.4) is 0 Å². The van der Waals surface area contributed by atoms with E-state index in [9.17, 15) is 9.59 Å². The zero-order valence-corrected chi connectivity index (χ0v) is 13.8. The van der Waals surface area contributed by atoms with Crippen LogP contribution in [0.2, 0.25) is 10.0 Å². The maximum atomic E-state index is 12.3. The number of carbonyl (C=O) groups excluding carboxylic acids is 1. The first-order chi connectivity index (χ1) is 11.5. The number of carbonyl (C=O) groups is 1. The van der Waals surface area contributed by atoms with E-state index < -0.39 is 5.91 Å². The lowest BCUT2D eigenvalue weighted by atomic mass is 10.2. The van der Waals surface area contributed by atoms with Crippen molar-refractivity contribution < 1.29 is 4.79 Å². The number of rotatable bonds is 3. The van der Waals surface area contributed by atoms with Crippen molar-refractivity contribution in [2.75, 3.05) is 11.1 Å². The fourth-order valence-electron chi connectivity index (χ4n) is 2.23. The summed E-state index contributed by atoms with van der Waals surface area (Å²) < 4.78 is 1.10. The van der Waals surface area contributed by atoms with E-state index in [0.29, 0.717) is 11.1 Å². The number of benzene rings is 2. The third kappa shape index (κ3) is 3.20. The standard InChI is InChI=1S/C16H12Cl2N4O2/c17-12-5-10(6-13(18)15(12)19)21-14(23)8-22-16(24)11-4-2-1-3-9(11)7-20-22/h1-7H,8,19H2,(H,21,23). The van der Waals surface area contributed by atoms with Gasteiger partial charge in [0.15, 0.2) is 0 Å². The average molecular weight is 363 g/mol. The number of nitrogens with one attached hydrogen (secondary N) is 1. The van der Waals surface area contributed by atoms with Crippen molar-refractivity contribution in [3.8, 4) is 0 Å². The highest BCUT2D eigenvalue weighted by molar-refractivity contribution is 6.39. The molecular weight excluding hydrogens is 351 g/mol. The van der Waals surface area contributed by atoms with Gasteiger partial charge in [0.2, 0.25) is 5.91 Å². The molecule has 0 aliphatic rings. The number of nitrogen functional groups attached to an aromatic ring is 1. The second-order valence-electron chi connectivity index (χ2n) is 5.10. The molecule has 3 N–H and O–H groups in total. The highest BCUT2D eigenvalue weighted by atomic mass is 35.5. The monoisotopic (exact) mass is 362 g/mol. The van der Waals surface area contributed by atoms with Crippen LogP contribution in [0.5, 0.6) is 0 Å². The lowest BCUT2D eigenvalue weighted by Crippen LogP contribution is -2.29. The van der Waals surface area contributed by atoms with Crippen LogP contribution in [-0.2, 0) is 11.3 Å². The summed E-state index contributed by atoms with van der Waals surface area (Å²) in [5.74, 6) is -0.434. The molecule has 0 aliphatic carbocycles. The Hall–Kier alpha value is -2.57. The van der Waals surface area contributed by atoms with Gasteiger partial charge in [-0.15, -0.1) is 0 Å². The number of aromatic nitrogens is 2. The zero-order chi connectivity index (χ0) is 17.3. The molecule has 3 rings (SSSR count). The fraction of sp³-hybridized carbons (Fsp3) is 0.0625. The molecule has 8 heteroatoms. The van der Waals surface area contributed by atoms with Crippen molar-refractivity contribution in [1.29, 1.82) is 0 Å². The maximum absolute atomic E-state index is 12.3. The van der Waals surface area contributed by atoms with Crippen LogP contribution in [0.1, 0.15) is 0 Å². The van der Waals surface area contributed by atoms with E-state index in [1.54, 1.807) is 24.4 Å². The molecule has 0 spiro atoms. The molecule has 2 aromatic carbocycles. The van der Waals surface area contributed by atoms with Crippen molar-refractivity contribution >= 4 is 51.3 Å². The van der Waals surface area contributed by atoms with Gasteiger partial charge >= 0.3 is 0 Å². The lowest BCUT2D eigenvalue weighted by Gasteiger charge is -2.09. The topological polar surface area (TPSA) is 90.0 Å². The highest BCUT2D eigenvalue weighted by Crippen LogP contribution is 2.31. The molecule has 1 aromatic heterocycles. The molecule has 3 aromatic rings. The Kier molecular flexibility index (Phi) is 4.42. The van der Waals surface area contributed by atoms with Gasteiger partial charge in [-0.2, -0.15) is 5.10 Å². The van der Waals surface area contributed by atoms with Crippen molar-refractivity contribution in [2.24, 2.45) is 0 Å². The normalized spacial score (nSPS) is 10.8. The Balaban J connectivity index is 1.83. The molecule has 24 heavy (non-hydrogen) atoms. The molecule has 0 unspecified atom stereocenters. The molecular formula is C16H12Cl2N4O2. The number of hydrogen-bond donors (Lipinski definition) is 2. The fourth-order valence-corrected chi connectivity index (χ4v) is 2.72. The summed E-state index contributed by atoms with van der Waals surface area (Å²) >= 11 is 11.9. The number of halogens is 2. The Bertz CT molecular complexity index is 978. The molecule has 0 saturated heterocycles. The summed E-state index contributed by atoms with van der Waals surface area (Å²) in [4.78, 5) is 24.5. The molecule has 0 atom stereocenters. The van der Waals surface area contributed by atoms with Gasteiger partial charge in [0.1, 0.15) is 6.54 Å². The van der Waals surface area contributed by atoms with Gasteiger partial charge in [-0.3, -0.25) is 9.59 Å². The molecule has 0 radical (unpaired) electrons. The van der Waals surface area contributed by atoms with Crippen LogP contribution in [0, 0.1) is 0 Å². The van der Waals surface area contributed by atoms with Gasteiger partial charge in [0.25, 0.3) is 5.56 Å². The van der Waals surface area contributed by atoms with Crippen LogP contribution < -0.4 is 16.6 Å². The Morgan fingerprint density at radius 3 is 2.58 bits per heavy atom. The van der Waals surface area contributed by atoms with E-state index in [0.717, 1.165) is 10.1 Å². The number of nitrogens with zero attached hydrogens (tertiary/aromatic N) is 2. The average Bonchev–Trinajstić information content (AvgIpc) is 2.55. The van der Waals surface area contributed by atoms with E-state index in [4.69, 9.17) is 28.9 Å². The van der Waals surface area contributed by atoms with Crippen molar-refractivity contribution in [3.05, 3.63) is 63.0 Å². The first-order valence-electron chi connectivity index (χ1n) is 6.95. The molecule has 0 aliphatic heterocycles. The lowest BCUT2D eigenvalue weighted by molar-refractivity contribution is -0.117. The molecule has 6 nitrogen and oxygen atoms in total. The minimum atomic E-state index is -0.434. The molecule has 122 valence electrons. The number of hydrogen-bond acceptors (Lipinski definition) is 4. The number of fused-ring (bicyclic) bond motifs is 1. The zero-order valence-electron chi connectivity index (χ0n) is 12.3. The third-order valence-corrected chi connectivity index (χ3v) is 4.04. The molecule has 0 bridgehead atoms. The molecule has 0 fully saturated rings. The van der Waals surface area contributed by atoms with Gasteiger partial charge in [-0.1, -0.05) is 41.4 Å². The summed E-state index contributed by atoms with van der Waals surface area (Å²) in [5, 5.41) is 8.31. The summed E-state index contributed by atoms with van der Waals surface area (Å²) in [5.41, 5.74) is 5.94. The smallest absolute Gasteiger partial charge is 0.275 e. The largest absolute Gasteiger partial charge is 0.396 e. The van der Waals surface area contributed by atoms with Crippen molar-refractivity contribution in [1.82, 2.24) is 9.78 Å². The Labute approximate surface area is 146 Å².